The maximum Gasteiger partial charge on any atom is 0.235 e. The minimum atomic E-state index is -0.302. The quantitative estimate of drug-likeness (QED) is 0.524. The first-order valence-corrected chi connectivity index (χ1v) is 10.5. The highest BCUT2D eigenvalue weighted by molar-refractivity contribution is 7.17. The normalized spacial score (nSPS) is 16.3. The topological polar surface area (TPSA) is 58.1 Å². The molecule has 1 aliphatic rings. The van der Waals surface area contributed by atoms with E-state index in [0.717, 1.165) is 23.5 Å². The van der Waals surface area contributed by atoms with Crippen LogP contribution in [-0.4, -0.2) is 45.9 Å². The van der Waals surface area contributed by atoms with E-state index in [1.807, 2.05) is 11.0 Å². The van der Waals surface area contributed by atoms with Crippen LogP contribution in [0.3, 0.4) is 0 Å². The third-order valence-corrected chi connectivity index (χ3v) is 6.71. The summed E-state index contributed by atoms with van der Waals surface area (Å²) in [4.78, 5) is 8.80. The van der Waals surface area contributed by atoms with E-state index in [-0.39, 0.29) is 23.6 Å². The molecule has 0 amide bonds. The highest BCUT2D eigenvalue weighted by Gasteiger charge is 2.35. The number of hydrogen-bond acceptors (Lipinski definition) is 5. The Morgan fingerprint density at radius 3 is 2.47 bits per heavy atom. The Morgan fingerprint density at radius 2 is 1.77 bits per heavy atom. The summed E-state index contributed by atoms with van der Waals surface area (Å²) < 4.78 is 29.2. The van der Waals surface area contributed by atoms with Crippen LogP contribution in [0.5, 0.6) is 5.88 Å². The van der Waals surface area contributed by atoms with E-state index in [4.69, 9.17) is 0 Å². The summed E-state index contributed by atoms with van der Waals surface area (Å²) in [6, 6.07) is 13.0. The number of para-hydroxylation sites is 1. The number of aromatic hydroxyl groups is 1. The van der Waals surface area contributed by atoms with Crippen molar-refractivity contribution < 1.29 is 18.8 Å². The van der Waals surface area contributed by atoms with Crippen molar-refractivity contribution in [3.63, 3.8) is 0 Å². The zero-order chi connectivity index (χ0) is 20.7. The predicted molar refractivity (Wildman–Crippen MR) is 110 cm³/mol. The van der Waals surface area contributed by atoms with Gasteiger partial charge < -0.3 is 14.9 Å². The number of fused-ring (bicyclic) bond motifs is 1. The molecule has 0 radical (unpaired) electrons. The van der Waals surface area contributed by atoms with Crippen molar-refractivity contribution in [1.29, 1.82) is 0 Å². The second-order valence-electron chi connectivity index (χ2n) is 7.33. The number of hydrogen-bond donors (Lipinski definition) is 2. The molecule has 4 aromatic rings. The number of halogens is 2. The minimum Gasteiger partial charge on any atom is -0.492 e. The van der Waals surface area contributed by atoms with Crippen LogP contribution in [0.25, 0.3) is 4.96 Å². The summed E-state index contributed by atoms with van der Waals surface area (Å²) in [7, 11) is 0. The van der Waals surface area contributed by atoms with E-state index in [1.54, 1.807) is 24.3 Å². The van der Waals surface area contributed by atoms with Crippen LogP contribution >= 0.6 is 11.3 Å². The Kier molecular flexibility index (Phi) is 4.84. The lowest BCUT2D eigenvalue weighted by atomic mass is 10.0. The molecule has 1 aliphatic heterocycles. The molecule has 2 aromatic heterocycles. The number of rotatable bonds is 4. The Balaban J connectivity index is 1.47. The summed E-state index contributed by atoms with van der Waals surface area (Å²) in [5.41, 5.74) is 1.52. The Labute approximate surface area is 175 Å². The first-order chi connectivity index (χ1) is 14.6. The smallest absolute Gasteiger partial charge is 0.235 e. The molecule has 5 rings (SSSR count). The fourth-order valence-corrected chi connectivity index (χ4v) is 5.26. The summed E-state index contributed by atoms with van der Waals surface area (Å²) in [5.74, 6) is -0.464. The molecule has 1 saturated heterocycles. The van der Waals surface area contributed by atoms with Gasteiger partial charge in [0.25, 0.3) is 0 Å². The number of benzene rings is 2. The second-order valence-corrected chi connectivity index (χ2v) is 8.33. The highest BCUT2D eigenvalue weighted by Crippen LogP contribution is 2.34. The average molecular weight is 428 g/mol. The Bertz CT molecular complexity index is 1170. The van der Waals surface area contributed by atoms with Gasteiger partial charge in [-0.15, -0.1) is 0 Å². The largest absolute Gasteiger partial charge is 0.492 e. The summed E-state index contributed by atoms with van der Waals surface area (Å²) in [6.45, 7) is 2.83. The van der Waals surface area contributed by atoms with Gasteiger partial charge in [-0.3, -0.25) is 0 Å². The maximum absolute atomic E-state index is 14.2. The fraction of sp³-hybridized carbons (Fsp3) is 0.238. The van der Waals surface area contributed by atoms with Gasteiger partial charge >= 0.3 is 0 Å². The molecule has 30 heavy (non-hydrogen) atoms. The first kappa shape index (κ1) is 19.0. The third kappa shape index (κ3) is 3.29. The van der Waals surface area contributed by atoms with Crippen molar-refractivity contribution in [1.82, 2.24) is 14.6 Å². The van der Waals surface area contributed by atoms with Gasteiger partial charge in [-0.05, 0) is 36.4 Å². The molecule has 1 atom stereocenters. The van der Waals surface area contributed by atoms with Crippen LogP contribution in [0.15, 0.2) is 54.9 Å². The maximum atomic E-state index is 14.2. The third-order valence-electron chi connectivity index (χ3n) is 5.61. The number of anilines is 1. The first-order valence-electron chi connectivity index (χ1n) is 9.72. The molecule has 2 aromatic carbocycles. The van der Waals surface area contributed by atoms with Crippen molar-refractivity contribution in [2.75, 3.05) is 31.1 Å². The molecule has 154 valence electrons. The van der Waals surface area contributed by atoms with Gasteiger partial charge in [-0.2, -0.15) is 9.61 Å². The molecule has 0 bridgehead atoms. The molecule has 3 heterocycles. The Hall–Kier alpha value is -3.04. The number of quaternary nitrogens is 1. The van der Waals surface area contributed by atoms with E-state index in [9.17, 15) is 13.9 Å². The van der Waals surface area contributed by atoms with Crippen molar-refractivity contribution in [2.45, 2.75) is 6.04 Å². The van der Waals surface area contributed by atoms with Gasteiger partial charge in [-0.25, -0.2) is 13.8 Å². The minimum absolute atomic E-state index is 0.0610. The van der Waals surface area contributed by atoms with Crippen LogP contribution < -0.4 is 9.80 Å². The fourth-order valence-electron chi connectivity index (χ4n) is 4.14. The van der Waals surface area contributed by atoms with Gasteiger partial charge in [-0.1, -0.05) is 23.5 Å². The number of piperazine rings is 1. The van der Waals surface area contributed by atoms with Crippen molar-refractivity contribution >= 4 is 22.0 Å². The molecule has 0 aliphatic carbocycles. The van der Waals surface area contributed by atoms with E-state index in [2.05, 4.69) is 10.1 Å². The average Bonchev–Trinajstić information content (AvgIpc) is 3.34. The number of aromatic nitrogens is 3. The van der Waals surface area contributed by atoms with E-state index >= 15 is 0 Å². The summed E-state index contributed by atoms with van der Waals surface area (Å²) in [5, 5.41) is 14.9. The van der Waals surface area contributed by atoms with E-state index in [0.29, 0.717) is 23.7 Å². The van der Waals surface area contributed by atoms with Crippen LogP contribution in [0.1, 0.15) is 16.5 Å². The van der Waals surface area contributed by atoms with Crippen molar-refractivity contribution in [2.24, 2.45) is 0 Å². The van der Waals surface area contributed by atoms with Gasteiger partial charge in [0, 0.05) is 5.56 Å². The van der Waals surface area contributed by atoms with Crippen LogP contribution in [0, 0.1) is 11.6 Å². The molecule has 1 fully saturated rings. The molecule has 0 saturated carbocycles. The van der Waals surface area contributed by atoms with E-state index < -0.39 is 0 Å². The molecular formula is C21H20F2N5OS+. The molecule has 6 nitrogen and oxygen atoms in total. The van der Waals surface area contributed by atoms with Gasteiger partial charge in [0.2, 0.25) is 10.8 Å². The summed E-state index contributed by atoms with van der Waals surface area (Å²) in [6.07, 6.45) is 1.41. The number of nitrogens with one attached hydrogen (secondary N) is 1. The summed E-state index contributed by atoms with van der Waals surface area (Å²) >= 11 is 1.38. The number of thiazole rings is 1. The SMILES string of the molecule is Oc1c([C@@H](c2ccc(F)cc2)[NH+]2CCN(c3ccccc3F)CC2)sc2ncnn12. The standard InChI is InChI=1S/C21H19F2N5OS/c22-15-7-5-14(6-8-15)18(19-20(29)28-21(30-19)24-13-25-28)27-11-9-26(10-12-27)17-4-2-1-3-16(17)23/h1-8,13,18,29H,9-12H2/p+1/t18-/m1/s1. The van der Waals surface area contributed by atoms with Gasteiger partial charge in [0.1, 0.15) is 22.8 Å². The van der Waals surface area contributed by atoms with Crippen molar-refractivity contribution in [3.05, 3.63) is 76.9 Å². The van der Waals surface area contributed by atoms with Gasteiger partial charge in [0.15, 0.2) is 6.04 Å². The predicted octanol–water partition coefficient (Wildman–Crippen LogP) is 2.27. The lowest BCUT2D eigenvalue weighted by Crippen LogP contribution is -3.15. The molecule has 9 heteroatoms. The Morgan fingerprint density at radius 1 is 1.03 bits per heavy atom. The molecule has 2 N–H and O–H groups in total. The lowest BCUT2D eigenvalue weighted by molar-refractivity contribution is -0.925. The zero-order valence-corrected chi connectivity index (χ0v) is 16.8. The molecule has 0 spiro atoms. The van der Waals surface area contributed by atoms with Crippen LogP contribution in [0.2, 0.25) is 0 Å². The monoisotopic (exact) mass is 428 g/mol. The zero-order valence-electron chi connectivity index (χ0n) is 16.0. The molecular weight excluding hydrogens is 408 g/mol. The number of nitrogens with zero attached hydrogens (tertiary/aromatic N) is 4. The van der Waals surface area contributed by atoms with E-state index in [1.165, 1.54) is 45.3 Å². The van der Waals surface area contributed by atoms with Crippen molar-refractivity contribution in [3.8, 4) is 5.88 Å². The molecule has 0 unspecified atom stereocenters. The lowest BCUT2D eigenvalue weighted by Gasteiger charge is -2.37. The van der Waals surface area contributed by atoms with Gasteiger partial charge in [0.05, 0.1) is 31.9 Å². The second kappa shape index (κ2) is 7.66. The highest BCUT2D eigenvalue weighted by atomic mass is 32.1. The van der Waals surface area contributed by atoms with Crippen LogP contribution in [0.4, 0.5) is 14.5 Å². The van der Waals surface area contributed by atoms with Crippen LogP contribution in [-0.2, 0) is 0 Å².